The molecule has 0 saturated heterocycles. The predicted molar refractivity (Wildman–Crippen MR) is 141 cm³/mol. The SMILES string of the molecule is COCC([S-])=C([S-])c1ccc(C(C)=O)cc1.O=C(CO)c1ccc(C([S-])=C([S-])CCO)cc1.[Ni]. The van der Waals surface area contributed by atoms with Crippen LogP contribution in [0.15, 0.2) is 58.3 Å². The van der Waals surface area contributed by atoms with Gasteiger partial charge in [0.2, 0.25) is 0 Å². The van der Waals surface area contributed by atoms with Crippen molar-refractivity contribution in [2.75, 3.05) is 26.9 Å². The molecule has 34 heavy (non-hydrogen) atoms. The van der Waals surface area contributed by atoms with E-state index in [4.69, 9.17) is 65.5 Å². The number of hydrogen-bond donors (Lipinski definition) is 2. The zero-order chi connectivity index (χ0) is 25.0. The molecular formula is C24H24NiO5S4-4. The van der Waals surface area contributed by atoms with Crippen molar-refractivity contribution in [2.45, 2.75) is 13.3 Å². The van der Waals surface area contributed by atoms with Crippen LogP contribution < -0.4 is 0 Å². The molecule has 5 nitrogen and oxygen atoms in total. The van der Waals surface area contributed by atoms with Gasteiger partial charge < -0.3 is 65.5 Å². The van der Waals surface area contributed by atoms with E-state index in [1.165, 1.54) is 6.92 Å². The number of aliphatic hydroxyl groups excluding tert-OH is 2. The number of benzene rings is 2. The van der Waals surface area contributed by atoms with Crippen LogP contribution in [0.5, 0.6) is 0 Å². The molecule has 0 amide bonds. The minimum atomic E-state index is -0.507. The first-order chi connectivity index (χ1) is 15.7. The quantitative estimate of drug-likeness (QED) is 0.264. The van der Waals surface area contributed by atoms with Gasteiger partial charge in [-0.05, 0) is 24.5 Å². The monoisotopic (exact) mass is 578 g/mol. The summed E-state index contributed by atoms with van der Waals surface area (Å²) < 4.78 is 4.93. The van der Waals surface area contributed by atoms with E-state index in [9.17, 15) is 9.59 Å². The number of methoxy groups -OCH3 is 1. The molecule has 0 spiro atoms. The van der Waals surface area contributed by atoms with Crippen molar-refractivity contribution in [1.29, 1.82) is 0 Å². The van der Waals surface area contributed by atoms with Gasteiger partial charge in [-0.2, -0.15) is 14.7 Å². The summed E-state index contributed by atoms with van der Waals surface area (Å²) in [7, 11) is 1.58. The van der Waals surface area contributed by atoms with Crippen molar-refractivity contribution in [1.82, 2.24) is 0 Å². The fraction of sp³-hybridized carbons (Fsp3) is 0.250. The van der Waals surface area contributed by atoms with E-state index >= 15 is 0 Å². The Balaban J connectivity index is 0.000000623. The molecule has 2 rings (SSSR count). The van der Waals surface area contributed by atoms with Gasteiger partial charge in [-0.3, -0.25) is 9.59 Å². The van der Waals surface area contributed by atoms with Gasteiger partial charge in [0.05, 0.1) is 0 Å². The summed E-state index contributed by atoms with van der Waals surface area (Å²) in [5, 5.41) is 17.5. The Hall–Kier alpha value is -1.49. The summed E-state index contributed by atoms with van der Waals surface area (Å²) in [6.07, 6.45) is 0.367. The molecule has 0 aliphatic carbocycles. The molecule has 0 saturated carbocycles. The third-order valence-corrected chi connectivity index (χ3v) is 6.24. The molecule has 0 atom stereocenters. The first-order valence-electron chi connectivity index (χ1n) is 9.76. The summed E-state index contributed by atoms with van der Waals surface area (Å²) in [6.45, 7) is 1.35. The Bertz CT molecular complexity index is 1000. The van der Waals surface area contributed by atoms with Crippen LogP contribution in [0.25, 0.3) is 9.81 Å². The first-order valence-corrected chi connectivity index (χ1v) is 11.4. The van der Waals surface area contributed by atoms with Crippen LogP contribution in [-0.2, 0) is 71.7 Å². The largest absolute Gasteiger partial charge is 0.785 e. The number of carbonyl (C=O) groups excluding carboxylic acids is 2. The molecule has 0 aliphatic heterocycles. The fourth-order valence-corrected chi connectivity index (χ4v) is 3.37. The van der Waals surface area contributed by atoms with Crippen molar-refractivity contribution >= 4 is 71.9 Å². The third-order valence-electron chi connectivity index (χ3n) is 4.29. The van der Waals surface area contributed by atoms with Gasteiger partial charge in [-0.15, -0.1) is 0 Å². The number of rotatable bonds is 9. The van der Waals surface area contributed by atoms with Gasteiger partial charge >= 0.3 is 0 Å². The third kappa shape index (κ3) is 10.4. The van der Waals surface area contributed by atoms with Crippen LogP contribution in [0.2, 0.25) is 0 Å². The van der Waals surface area contributed by atoms with Gasteiger partial charge in [-0.25, -0.2) is 4.91 Å². The van der Waals surface area contributed by atoms with E-state index in [-0.39, 0.29) is 34.7 Å². The van der Waals surface area contributed by atoms with Crippen molar-refractivity contribution in [2.24, 2.45) is 0 Å². The summed E-state index contributed by atoms with van der Waals surface area (Å²) in [5.41, 5.74) is 2.70. The van der Waals surface area contributed by atoms with Crippen LogP contribution in [0.3, 0.4) is 0 Å². The molecule has 2 aromatic rings. The van der Waals surface area contributed by atoms with Crippen LogP contribution in [0, 0.1) is 0 Å². The standard InChI is InChI=1S/C12H14O3S2.C12H14O2S2.Ni/c13-6-5-11(16)12(17)9-3-1-8(2-4-9)10(15)7-14;1-8(13)9-3-5-10(6-4-9)12(16)11(15)7-14-2;/h1-4,13-14,16-17H,5-7H2;3-6,15-16H,7H2,1-2H3;/p-4. The molecular weight excluding hydrogens is 555 g/mol. The number of ether oxygens (including phenoxy) is 1. The van der Waals surface area contributed by atoms with E-state index in [1.54, 1.807) is 55.6 Å². The minimum Gasteiger partial charge on any atom is -0.785 e. The van der Waals surface area contributed by atoms with Crippen LogP contribution in [0.4, 0.5) is 0 Å². The van der Waals surface area contributed by atoms with E-state index in [1.807, 2.05) is 0 Å². The number of Topliss-reactive ketones (excluding diaryl/α,β-unsaturated/α-hetero) is 2. The zero-order valence-corrected chi connectivity index (χ0v) is 22.8. The number of aliphatic hydroxyl groups is 2. The Morgan fingerprint density at radius 2 is 1.18 bits per heavy atom. The Morgan fingerprint density at radius 3 is 1.56 bits per heavy atom. The average Bonchev–Trinajstić information content (AvgIpc) is 2.83. The second kappa shape index (κ2) is 17.0. The fourth-order valence-electron chi connectivity index (χ4n) is 2.49. The molecule has 0 radical (unpaired) electrons. The summed E-state index contributed by atoms with van der Waals surface area (Å²) in [5.74, 6) is -0.294. The van der Waals surface area contributed by atoms with E-state index < -0.39 is 6.61 Å². The number of carbonyl (C=O) groups is 2. The van der Waals surface area contributed by atoms with Crippen LogP contribution in [-0.4, -0.2) is 48.7 Å². The smallest absolute Gasteiger partial charge is 0.188 e. The molecule has 0 heterocycles. The van der Waals surface area contributed by atoms with Crippen molar-refractivity contribution < 1.29 is 41.0 Å². The molecule has 0 fully saturated rings. The maximum atomic E-state index is 11.2. The second-order valence-electron chi connectivity index (χ2n) is 6.70. The number of ketones is 2. The molecule has 0 aliphatic rings. The van der Waals surface area contributed by atoms with Gasteiger partial charge in [-0.1, -0.05) is 48.5 Å². The Morgan fingerprint density at radius 1 is 0.765 bits per heavy atom. The normalized spacial score (nSPS) is 11.8. The van der Waals surface area contributed by atoms with Crippen molar-refractivity contribution in [3.63, 3.8) is 0 Å². The molecule has 0 aromatic heterocycles. The molecule has 2 aromatic carbocycles. The van der Waals surface area contributed by atoms with Crippen LogP contribution >= 0.6 is 0 Å². The Kier molecular flexibility index (Phi) is 16.3. The molecule has 2 N–H and O–H groups in total. The van der Waals surface area contributed by atoms with Crippen molar-refractivity contribution in [3.05, 3.63) is 80.6 Å². The van der Waals surface area contributed by atoms with Crippen LogP contribution in [0.1, 0.15) is 45.2 Å². The summed E-state index contributed by atoms with van der Waals surface area (Å²) in [4.78, 5) is 24.5. The van der Waals surface area contributed by atoms with E-state index in [0.29, 0.717) is 43.8 Å². The van der Waals surface area contributed by atoms with Crippen molar-refractivity contribution in [3.8, 4) is 0 Å². The van der Waals surface area contributed by atoms with Gasteiger partial charge in [0.25, 0.3) is 0 Å². The minimum absolute atomic E-state index is 0. The van der Waals surface area contributed by atoms with E-state index in [2.05, 4.69) is 0 Å². The molecule has 188 valence electrons. The maximum absolute atomic E-state index is 11.2. The molecule has 0 bridgehead atoms. The zero-order valence-electron chi connectivity index (χ0n) is 18.5. The second-order valence-corrected chi connectivity index (χ2v) is 8.51. The maximum Gasteiger partial charge on any atom is 0.188 e. The number of hydrogen-bond acceptors (Lipinski definition) is 9. The molecule has 0 unspecified atom stereocenters. The Labute approximate surface area is 232 Å². The van der Waals surface area contributed by atoms with Gasteiger partial charge in [0, 0.05) is 47.9 Å². The molecule has 10 heteroatoms. The summed E-state index contributed by atoms with van der Waals surface area (Å²) >= 11 is 20.5. The topological polar surface area (TPSA) is 83.8 Å². The van der Waals surface area contributed by atoms with Gasteiger partial charge in [0.1, 0.15) is 6.61 Å². The predicted octanol–water partition coefficient (Wildman–Crippen LogP) is 3.30. The average molecular weight is 579 g/mol. The first kappa shape index (κ1) is 32.5. The summed E-state index contributed by atoms with van der Waals surface area (Å²) in [6, 6.07) is 13.7. The van der Waals surface area contributed by atoms with E-state index in [0.717, 1.165) is 11.1 Å². The van der Waals surface area contributed by atoms with Gasteiger partial charge in [0.15, 0.2) is 11.6 Å².